The van der Waals surface area contributed by atoms with Gasteiger partial charge < -0.3 is 0 Å². The topological polar surface area (TPSA) is 47.0 Å². The number of halogens is 4. The van der Waals surface area contributed by atoms with Crippen LogP contribution < -0.4 is 0 Å². The van der Waals surface area contributed by atoms with Gasteiger partial charge in [0.1, 0.15) is 0 Å². The molecule has 0 atom stereocenters. The number of hydrogen-bond acceptors (Lipinski definition) is 3. The Bertz CT molecular complexity index is 449. The average molecular weight is 262 g/mol. The molecule has 1 heterocycles. The highest BCUT2D eigenvalue weighted by Gasteiger charge is 2.23. The van der Waals surface area contributed by atoms with Crippen LogP contribution in [0, 0.1) is 0 Å². The fraction of sp³-hybridized carbons (Fsp3) is 0.167. The molecule has 3 nitrogen and oxygen atoms in total. The lowest BCUT2D eigenvalue weighted by molar-refractivity contribution is 0.147. The van der Waals surface area contributed by atoms with E-state index < -0.39 is 26.1 Å². The van der Waals surface area contributed by atoms with Gasteiger partial charge in [-0.05, 0) is 6.07 Å². The summed E-state index contributed by atoms with van der Waals surface area (Å²) in [5, 5.41) is -0.942. The Morgan fingerprint density at radius 1 is 1.43 bits per heavy atom. The quantitative estimate of drug-likeness (QED) is 0.769. The molecule has 78 valence electrons. The third kappa shape index (κ3) is 2.52. The van der Waals surface area contributed by atoms with Crippen LogP contribution >= 0.6 is 22.3 Å². The van der Waals surface area contributed by atoms with Gasteiger partial charge in [-0.15, -0.1) is 0 Å². The van der Waals surface area contributed by atoms with Crippen molar-refractivity contribution in [2.24, 2.45) is 0 Å². The highest BCUT2D eigenvalue weighted by molar-refractivity contribution is 8.13. The number of rotatable bonds is 2. The lowest BCUT2D eigenvalue weighted by atomic mass is 10.3. The summed E-state index contributed by atoms with van der Waals surface area (Å²) < 4.78 is 46.2. The molecule has 8 heteroatoms. The van der Waals surface area contributed by atoms with Crippen LogP contribution in [0.4, 0.5) is 8.78 Å². The van der Waals surface area contributed by atoms with Crippen LogP contribution in [0.2, 0.25) is 5.02 Å². The molecule has 0 aliphatic rings. The third-order valence-corrected chi connectivity index (χ3v) is 2.76. The zero-order valence-electron chi connectivity index (χ0n) is 6.42. The predicted molar refractivity (Wildman–Crippen MR) is 47.2 cm³/mol. The molecule has 0 aromatic carbocycles. The fourth-order valence-corrected chi connectivity index (χ4v) is 1.96. The molecule has 0 aliphatic carbocycles. The van der Waals surface area contributed by atoms with Gasteiger partial charge >= 0.3 is 0 Å². The molecule has 0 radical (unpaired) electrons. The first-order valence-electron chi connectivity index (χ1n) is 3.20. The van der Waals surface area contributed by atoms with Crippen molar-refractivity contribution in [3.8, 4) is 0 Å². The van der Waals surface area contributed by atoms with Gasteiger partial charge in [0, 0.05) is 16.9 Å². The minimum atomic E-state index is -4.27. The van der Waals surface area contributed by atoms with Crippen LogP contribution in [0.5, 0.6) is 0 Å². The van der Waals surface area contributed by atoms with Crippen LogP contribution in [-0.2, 0) is 9.05 Å². The average Bonchev–Trinajstić information content (AvgIpc) is 2.01. The molecule has 0 N–H and O–H groups in total. The van der Waals surface area contributed by atoms with Crippen molar-refractivity contribution in [1.29, 1.82) is 0 Å². The van der Waals surface area contributed by atoms with Crippen molar-refractivity contribution in [3.63, 3.8) is 0 Å². The lowest BCUT2D eigenvalue weighted by Crippen LogP contribution is -2.01. The van der Waals surface area contributed by atoms with Crippen molar-refractivity contribution in [2.75, 3.05) is 0 Å². The normalized spacial score (nSPS) is 12.1. The summed E-state index contributed by atoms with van der Waals surface area (Å²) in [5.74, 6) is 0. The maximum absolute atomic E-state index is 12.3. The van der Waals surface area contributed by atoms with Crippen molar-refractivity contribution in [1.82, 2.24) is 4.98 Å². The molecule has 0 fully saturated rings. The molecule has 1 rings (SSSR count). The summed E-state index contributed by atoms with van der Waals surface area (Å²) in [6, 6.07) is 0.814. The number of aromatic nitrogens is 1. The first-order chi connectivity index (χ1) is 6.32. The molecular formula is C6H3Cl2F2NO2S. The molecule has 0 saturated carbocycles. The number of alkyl halides is 2. The Morgan fingerprint density at radius 2 is 2.00 bits per heavy atom. The molecule has 1 aromatic heterocycles. The van der Waals surface area contributed by atoms with Crippen LogP contribution in [0.1, 0.15) is 12.0 Å². The second kappa shape index (κ2) is 3.96. The first kappa shape index (κ1) is 11.6. The Kier molecular flexibility index (Phi) is 3.28. The van der Waals surface area contributed by atoms with E-state index in [-0.39, 0.29) is 5.02 Å². The second-order valence-corrected chi connectivity index (χ2v) is 5.20. The number of hydrogen-bond donors (Lipinski definition) is 0. The molecule has 0 amide bonds. The number of nitrogens with zero attached hydrogens (tertiary/aromatic N) is 1. The molecule has 14 heavy (non-hydrogen) atoms. The molecule has 0 spiro atoms. The van der Waals surface area contributed by atoms with Crippen molar-refractivity contribution < 1.29 is 17.2 Å². The van der Waals surface area contributed by atoms with E-state index in [0.717, 1.165) is 12.3 Å². The summed E-state index contributed by atoms with van der Waals surface area (Å²) in [6.45, 7) is 0. The third-order valence-electron chi connectivity index (χ3n) is 1.31. The smallest absolute Gasteiger partial charge is 0.242 e. The van der Waals surface area contributed by atoms with E-state index in [1.165, 1.54) is 0 Å². The highest BCUT2D eigenvalue weighted by atomic mass is 35.7. The summed E-state index contributed by atoms with van der Waals surface area (Å²) in [6.07, 6.45) is -2.06. The molecule has 0 unspecified atom stereocenters. The molecule has 0 saturated heterocycles. The first-order valence-corrected chi connectivity index (χ1v) is 5.89. The Balaban J connectivity index is 3.45. The van der Waals surface area contributed by atoms with Crippen LogP contribution in [-0.4, -0.2) is 13.4 Å². The second-order valence-electron chi connectivity index (χ2n) is 2.29. The van der Waals surface area contributed by atoms with E-state index >= 15 is 0 Å². The summed E-state index contributed by atoms with van der Waals surface area (Å²) in [4.78, 5) is 3.24. The largest absolute Gasteiger partial charge is 0.279 e. The van der Waals surface area contributed by atoms with Gasteiger partial charge in [0.25, 0.3) is 15.5 Å². The van der Waals surface area contributed by atoms with E-state index in [2.05, 4.69) is 4.98 Å². The van der Waals surface area contributed by atoms with Crippen LogP contribution in [0.25, 0.3) is 0 Å². The summed E-state index contributed by atoms with van der Waals surface area (Å²) in [7, 11) is 0.621. The zero-order chi connectivity index (χ0) is 10.9. The standard InChI is InChI=1S/C6H3Cl2F2NO2S/c7-3-1-4(5(9)10)6(11-2-3)14(8,12)13/h1-2,5H. The molecule has 0 aliphatic heterocycles. The Hall–Kier alpha value is -0.460. The maximum atomic E-state index is 12.3. The lowest BCUT2D eigenvalue weighted by Gasteiger charge is -2.04. The minimum Gasteiger partial charge on any atom is -0.242 e. The van der Waals surface area contributed by atoms with Crippen molar-refractivity contribution >= 4 is 31.3 Å². The van der Waals surface area contributed by atoms with Gasteiger partial charge in [0.2, 0.25) is 0 Å². The summed E-state index contributed by atoms with van der Waals surface area (Å²) in [5.41, 5.74) is -0.799. The van der Waals surface area contributed by atoms with E-state index in [4.69, 9.17) is 22.3 Å². The van der Waals surface area contributed by atoms with E-state index in [1.807, 2.05) is 0 Å². The van der Waals surface area contributed by atoms with Gasteiger partial charge in [-0.1, -0.05) is 11.6 Å². The summed E-state index contributed by atoms with van der Waals surface area (Å²) >= 11 is 5.38. The van der Waals surface area contributed by atoms with Gasteiger partial charge in [-0.25, -0.2) is 22.2 Å². The van der Waals surface area contributed by atoms with Crippen molar-refractivity contribution in [3.05, 3.63) is 22.8 Å². The highest BCUT2D eigenvalue weighted by Crippen LogP contribution is 2.28. The van der Waals surface area contributed by atoms with E-state index in [9.17, 15) is 17.2 Å². The van der Waals surface area contributed by atoms with Gasteiger partial charge in [0.15, 0.2) is 5.03 Å². The maximum Gasteiger partial charge on any atom is 0.279 e. The monoisotopic (exact) mass is 261 g/mol. The fourth-order valence-electron chi connectivity index (χ4n) is 0.802. The molecule has 1 aromatic rings. The minimum absolute atomic E-state index is 0.0793. The zero-order valence-corrected chi connectivity index (χ0v) is 8.74. The molecule has 0 bridgehead atoms. The van der Waals surface area contributed by atoms with Crippen molar-refractivity contribution in [2.45, 2.75) is 11.5 Å². The molecular weight excluding hydrogens is 259 g/mol. The predicted octanol–water partition coefficient (Wildman–Crippen LogP) is 2.60. The SMILES string of the molecule is O=S(=O)(Cl)c1ncc(Cl)cc1C(F)F. The van der Waals surface area contributed by atoms with Gasteiger partial charge in [-0.3, -0.25) is 0 Å². The van der Waals surface area contributed by atoms with Gasteiger partial charge in [-0.2, -0.15) is 0 Å². The van der Waals surface area contributed by atoms with Crippen LogP contribution in [0.15, 0.2) is 17.3 Å². The Labute approximate surface area is 88.1 Å². The number of pyridine rings is 1. The Morgan fingerprint density at radius 3 is 2.43 bits per heavy atom. The van der Waals surface area contributed by atoms with E-state index in [0.29, 0.717) is 0 Å². The van der Waals surface area contributed by atoms with Crippen LogP contribution in [0.3, 0.4) is 0 Å². The van der Waals surface area contributed by atoms with Gasteiger partial charge in [0.05, 0.1) is 10.6 Å². The van der Waals surface area contributed by atoms with E-state index in [1.54, 1.807) is 0 Å².